The molecular formula is C19H20ClN3O2. The molecule has 25 heavy (non-hydrogen) atoms. The van der Waals surface area contributed by atoms with Crippen molar-refractivity contribution in [2.24, 2.45) is 5.73 Å². The molecule has 5 N–H and O–H groups in total. The molecule has 1 aromatic heterocycles. The van der Waals surface area contributed by atoms with Gasteiger partial charge in [0.2, 0.25) is 0 Å². The van der Waals surface area contributed by atoms with E-state index >= 15 is 0 Å². The lowest BCUT2D eigenvalue weighted by atomic mass is 9.94. The van der Waals surface area contributed by atoms with Crippen molar-refractivity contribution >= 4 is 22.5 Å². The molecule has 0 amide bonds. The summed E-state index contributed by atoms with van der Waals surface area (Å²) < 4.78 is 5.42. The van der Waals surface area contributed by atoms with Gasteiger partial charge in [-0.2, -0.15) is 0 Å². The Morgan fingerprint density at radius 2 is 2.04 bits per heavy atom. The average molecular weight is 358 g/mol. The first kappa shape index (κ1) is 16.4. The zero-order valence-corrected chi connectivity index (χ0v) is 14.4. The number of hydrogen-bond donors (Lipinski definition) is 4. The molecule has 2 aromatic carbocycles. The molecule has 3 aromatic rings. The maximum atomic E-state index is 9.10. The molecule has 6 heteroatoms. The summed E-state index contributed by atoms with van der Waals surface area (Å²) in [6.45, 7) is 0.989. The van der Waals surface area contributed by atoms with Crippen molar-refractivity contribution in [3.63, 3.8) is 0 Å². The topological polar surface area (TPSA) is 83.3 Å². The Balaban J connectivity index is 1.65. The van der Waals surface area contributed by atoms with Gasteiger partial charge in [-0.15, -0.1) is 0 Å². The summed E-state index contributed by atoms with van der Waals surface area (Å²) in [5.41, 5.74) is 10.1. The molecule has 0 saturated carbocycles. The number of nitrogens with two attached hydrogens (primary N) is 1. The number of benzene rings is 2. The van der Waals surface area contributed by atoms with E-state index < -0.39 is 6.23 Å². The molecule has 1 aliphatic rings. The number of aromatic amines is 1. The summed E-state index contributed by atoms with van der Waals surface area (Å²) in [5, 5.41) is 14.6. The number of hydrogen-bond acceptors (Lipinski definition) is 4. The lowest BCUT2D eigenvalue weighted by molar-refractivity contribution is 0.113. The standard InChI is InChI=1S/C19H20ClN3O2/c20-12-3-6-16-15(9-12)14-7-8-22-18(19(14)23-16)11-1-4-13(5-2-11)25-10-17(21)24/h1-6,9,17-18,22-24H,7-8,10,21H2. The Morgan fingerprint density at radius 3 is 2.80 bits per heavy atom. The summed E-state index contributed by atoms with van der Waals surface area (Å²) in [5.74, 6) is 0.688. The molecule has 0 spiro atoms. The van der Waals surface area contributed by atoms with Crippen LogP contribution in [-0.2, 0) is 6.42 Å². The fraction of sp³-hybridized carbons (Fsp3) is 0.263. The smallest absolute Gasteiger partial charge is 0.136 e. The summed E-state index contributed by atoms with van der Waals surface area (Å²) in [6, 6.07) is 13.9. The van der Waals surface area contributed by atoms with Crippen molar-refractivity contribution in [3.8, 4) is 5.75 Å². The van der Waals surface area contributed by atoms with Crippen LogP contribution < -0.4 is 15.8 Å². The van der Waals surface area contributed by atoms with E-state index in [0.717, 1.165) is 29.1 Å². The number of rotatable bonds is 4. The van der Waals surface area contributed by atoms with Crippen molar-refractivity contribution in [2.75, 3.05) is 13.2 Å². The number of ether oxygens (including phenoxy) is 1. The number of halogens is 1. The number of aromatic nitrogens is 1. The van der Waals surface area contributed by atoms with Crippen molar-refractivity contribution in [1.82, 2.24) is 10.3 Å². The molecule has 1 aliphatic heterocycles. The lowest BCUT2D eigenvalue weighted by Crippen LogP contribution is -2.30. The van der Waals surface area contributed by atoms with Gasteiger partial charge in [0.15, 0.2) is 0 Å². The highest BCUT2D eigenvalue weighted by Gasteiger charge is 2.25. The van der Waals surface area contributed by atoms with Gasteiger partial charge in [0.1, 0.15) is 18.6 Å². The van der Waals surface area contributed by atoms with E-state index in [4.69, 9.17) is 27.2 Å². The van der Waals surface area contributed by atoms with E-state index in [1.165, 1.54) is 16.6 Å². The zero-order chi connectivity index (χ0) is 17.4. The third-order valence-electron chi connectivity index (χ3n) is 4.55. The maximum absolute atomic E-state index is 9.10. The van der Waals surface area contributed by atoms with Gasteiger partial charge in [0, 0.05) is 28.2 Å². The lowest BCUT2D eigenvalue weighted by Gasteiger charge is -2.25. The van der Waals surface area contributed by atoms with E-state index in [-0.39, 0.29) is 12.6 Å². The molecule has 2 unspecified atom stereocenters. The minimum atomic E-state index is -0.972. The van der Waals surface area contributed by atoms with Gasteiger partial charge in [-0.3, -0.25) is 0 Å². The quantitative estimate of drug-likeness (QED) is 0.541. The Morgan fingerprint density at radius 1 is 1.24 bits per heavy atom. The minimum absolute atomic E-state index is 0.0773. The monoisotopic (exact) mass is 357 g/mol. The van der Waals surface area contributed by atoms with Crippen LogP contribution in [0, 0.1) is 0 Å². The van der Waals surface area contributed by atoms with Crippen LogP contribution in [0.25, 0.3) is 10.9 Å². The van der Waals surface area contributed by atoms with E-state index in [9.17, 15) is 0 Å². The molecule has 0 bridgehead atoms. The number of fused-ring (bicyclic) bond motifs is 3. The predicted octanol–water partition coefficient (Wildman–Crippen LogP) is 2.71. The fourth-order valence-electron chi connectivity index (χ4n) is 3.42. The maximum Gasteiger partial charge on any atom is 0.136 e. The Labute approximate surface area is 150 Å². The third kappa shape index (κ3) is 3.24. The van der Waals surface area contributed by atoms with Crippen LogP contribution in [0.1, 0.15) is 22.9 Å². The van der Waals surface area contributed by atoms with Gasteiger partial charge in [-0.1, -0.05) is 23.7 Å². The number of H-pyrrole nitrogens is 1. The van der Waals surface area contributed by atoms with Crippen molar-refractivity contribution in [1.29, 1.82) is 0 Å². The molecule has 0 radical (unpaired) electrons. The summed E-state index contributed by atoms with van der Waals surface area (Å²) >= 11 is 6.17. The minimum Gasteiger partial charge on any atom is -0.489 e. The number of aliphatic hydroxyl groups excluding tert-OH is 1. The Hall–Kier alpha value is -2.05. The summed E-state index contributed by atoms with van der Waals surface area (Å²) in [7, 11) is 0. The van der Waals surface area contributed by atoms with Crippen LogP contribution in [-0.4, -0.2) is 29.5 Å². The van der Waals surface area contributed by atoms with Crippen LogP contribution in [0.5, 0.6) is 5.75 Å². The van der Waals surface area contributed by atoms with Gasteiger partial charge in [0.25, 0.3) is 0 Å². The number of nitrogens with one attached hydrogen (secondary N) is 2. The van der Waals surface area contributed by atoms with Crippen LogP contribution >= 0.6 is 11.6 Å². The van der Waals surface area contributed by atoms with Gasteiger partial charge in [0.05, 0.1) is 6.04 Å². The second-order valence-corrected chi connectivity index (χ2v) is 6.73. The van der Waals surface area contributed by atoms with E-state index in [1.807, 2.05) is 42.5 Å². The highest BCUT2D eigenvalue weighted by atomic mass is 35.5. The van der Waals surface area contributed by atoms with Crippen molar-refractivity contribution in [2.45, 2.75) is 18.7 Å². The van der Waals surface area contributed by atoms with E-state index in [1.54, 1.807) is 0 Å². The van der Waals surface area contributed by atoms with Gasteiger partial charge in [-0.25, -0.2) is 0 Å². The highest BCUT2D eigenvalue weighted by molar-refractivity contribution is 6.31. The zero-order valence-electron chi connectivity index (χ0n) is 13.6. The second-order valence-electron chi connectivity index (χ2n) is 6.29. The molecule has 2 heterocycles. The molecule has 130 valence electrons. The average Bonchev–Trinajstić information content (AvgIpc) is 2.98. The third-order valence-corrected chi connectivity index (χ3v) is 4.78. The first-order valence-corrected chi connectivity index (χ1v) is 8.69. The first-order chi connectivity index (χ1) is 12.1. The summed E-state index contributed by atoms with van der Waals surface area (Å²) in [6.07, 6.45) is 0.00213. The van der Waals surface area contributed by atoms with Crippen molar-refractivity contribution < 1.29 is 9.84 Å². The molecule has 4 rings (SSSR count). The Kier molecular flexibility index (Phi) is 4.39. The summed E-state index contributed by atoms with van der Waals surface area (Å²) in [4.78, 5) is 3.54. The predicted molar refractivity (Wildman–Crippen MR) is 99.0 cm³/mol. The largest absolute Gasteiger partial charge is 0.489 e. The SMILES string of the molecule is NC(O)COc1ccc(C2NCCc3c2[nH]c2ccc(Cl)cc32)cc1. The molecule has 2 atom stereocenters. The molecule has 5 nitrogen and oxygen atoms in total. The van der Waals surface area contributed by atoms with Crippen LogP contribution in [0.15, 0.2) is 42.5 Å². The van der Waals surface area contributed by atoms with E-state index in [0.29, 0.717) is 5.75 Å². The first-order valence-electron chi connectivity index (χ1n) is 8.31. The second kappa shape index (κ2) is 6.69. The van der Waals surface area contributed by atoms with E-state index in [2.05, 4.69) is 10.3 Å². The fourth-order valence-corrected chi connectivity index (χ4v) is 3.59. The van der Waals surface area contributed by atoms with Crippen molar-refractivity contribution in [3.05, 3.63) is 64.3 Å². The van der Waals surface area contributed by atoms with Crippen LogP contribution in [0.2, 0.25) is 5.02 Å². The van der Waals surface area contributed by atoms with Crippen LogP contribution in [0.3, 0.4) is 0 Å². The highest BCUT2D eigenvalue weighted by Crippen LogP contribution is 2.35. The number of aliphatic hydroxyl groups is 1. The Bertz CT molecular complexity index is 890. The molecule has 0 saturated heterocycles. The molecular weight excluding hydrogens is 338 g/mol. The van der Waals surface area contributed by atoms with Gasteiger partial charge < -0.3 is 25.9 Å². The van der Waals surface area contributed by atoms with Gasteiger partial charge in [-0.05, 0) is 47.9 Å². The van der Waals surface area contributed by atoms with Crippen LogP contribution in [0.4, 0.5) is 0 Å². The van der Waals surface area contributed by atoms with Gasteiger partial charge >= 0.3 is 0 Å². The molecule has 0 aliphatic carbocycles. The molecule has 0 fully saturated rings. The normalized spacial score (nSPS) is 18.1.